The summed E-state index contributed by atoms with van der Waals surface area (Å²) < 4.78 is 26.5. The van der Waals surface area contributed by atoms with Gasteiger partial charge in [0.15, 0.2) is 0 Å². The first-order valence-corrected chi connectivity index (χ1v) is 4.29. The lowest BCUT2D eigenvalue weighted by molar-refractivity contribution is -0.0578. The molecule has 0 unspecified atom stereocenters. The number of hydrogen-bond acceptors (Lipinski definition) is 1. The van der Waals surface area contributed by atoms with Crippen molar-refractivity contribution in [1.82, 2.24) is 5.32 Å². The Balaban J connectivity index is 0.000000720. The van der Waals surface area contributed by atoms with Crippen molar-refractivity contribution in [3.05, 3.63) is 0 Å². The maximum Gasteiger partial charge on any atom is 0.267 e. The Labute approximate surface area is 77.3 Å². The van der Waals surface area contributed by atoms with E-state index in [0.717, 1.165) is 12.8 Å². The number of nitrogens with one attached hydrogen (secondary N) is 1. The Morgan fingerprint density at radius 2 is 1.58 bits per heavy atom. The molecule has 1 spiro atoms. The highest BCUT2D eigenvalue weighted by atomic mass is 35.5. The molecule has 0 atom stereocenters. The van der Waals surface area contributed by atoms with Gasteiger partial charge in [-0.25, -0.2) is 8.78 Å². The van der Waals surface area contributed by atoms with Crippen LogP contribution in [-0.2, 0) is 0 Å². The summed E-state index contributed by atoms with van der Waals surface area (Å²) in [5, 5.41) is 2.97. The van der Waals surface area contributed by atoms with Crippen LogP contribution in [0.25, 0.3) is 0 Å². The Bertz CT molecular complexity index is 161. The molecule has 0 amide bonds. The van der Waals surface area contributed by atoms with Gasteiger partial charge in [-0.15, -0.1) is 12.4 Å². The molecular weight excluding hydrogens is 184 g/mol. The Morgan fingerprint density at radius 1 is 1.00 bits per heavy atom. The number of hydrogen-bond donors (Lipinski definition) is 1. The molecule has 1 N–H and O–H groups in total. The fourth-order valence-electron chi connectivity index (χ4n) is 2.35. The van der Waals surface area contributed by atoms with Crippen molar-refractivity contribution < 1.29 is 8.78 Å². The second-order valence-corrected chi connectivity index (χ2v) is 3.67. The largest absolute Gasteiger partial charge is 0.306 e. The summed E-state index contributed by atoms with van der Waals surface area (Å²) in [7, 11) is 0. The number of alkyl halides is 2. The van der Waals surface area contributed by atoms with Crippen LogP contribution in [0.1, 0.15) is 32.1 Å². The minimum atomic E-state index is -2.44. The first-order valence-electron chi connectivity index (χ1n) is 4.29. The van der Waals surface area contributed by atoms with Crippen molar-refractivity contribution in [2.75, 3.05) is 6.54 Å². The van der Waals surface area contributed by atoms with Crippen LogP contribution in [0.5, 0.6) is 0 Å². The summed E-state index contributed by atoms with van der Waals surface area (Å²) in [6.07, 6.45) is 3.29. The maximum atomic E-state index is 13.2. The van der Waals surface area contributed by atoms with E-state index >= 15 is 0 Å². The molecule has 4 heteroatoms. The topological polar surface area (TPSA) is 12.0 Å². The Hall–Kier alpha value is 0.110. The van der Waals surface area contributed by atoms with E-state index < -0.39 is 11.5 Å². The zero-order valence-electron chi connectivity index (χ0n) is 6.91. The lowest BCUT2D eigenvalue weighted by atomic mass is 9.92. The summed E-state index contributed by atoms with van der Waals surface area (Å²) in [5.41, 5.74) is -0.799. The van der Waals surface area contributed by atoms with Crippen LogP contribution in [-0.4, -0.2) is 18.0 Å². The standard InChI is InChI=1S/C8H13F2N.ClH/c9-8(10)5-6-11-7(8)3-1-2-4-7;/h11H,1-6H2;1H. The van der Waals surface area contributed by atoms with Crippen LogP contribution >= 0.6 is 12.4 Å². The van der Waals surface area contributed by atoms with Gasteiger partial charge in [0.05, 0.1) is 5.54 Å². The highest BCUT2D eigenvalue weighted by molar-refractivity contribution is 5.85. The van der Waals surface area contributed by atoms with E-state index in [1.807, 2.05) is 0 Å². The molecule has 0 aromatic heterocycles. The SMILES string of the molecule is Cl.FC1(F)CCNC12CCCC2. The Morgan fingerprint density at radius 3 is 2.00 bits per heavy atom. The molecule has 2 aliphatic rings. The second kappa shape index (κ2) is 3.11. The molecule has 0 radical (unpaired) electrons. The molecule has 1 nitrogen and oxygen atoms in total. The molecule has 0 bridgehead atoms. The van der Waals surface area contributed by atoms with Crippen molar-refractivity contribution in [2.24, 2.45) is 0 Å². The normalized spacial score (nSPS) is 30.5. The van der Waals surface area contributed by atoms with Gasteiger partial charge in [0, 0.05) is 13.0 Å². The zero-order chi connectivity index (χ0) is 7.95. The van der Waals surface area contributed by atoms with E-state index in [1.165, 1.54) is 0 Å². The van der Waals surface area contributed by atoms with E-state index in [-0.39, 0.29) is 18.8 Å². The van der Waals surface area contributed by atoms with Gasteiger partial charge >= 0.3 is 0 Å². The quantitative estimate of drug-likeness (QED) is 0.629. The molecule has 1 heterocycles. The summed E-state index contributed by atoms with van der Waals surface area (Å²) in [6, 6.07) is 0. The highest BCUT2D eigenvalue weighted by Gasteiger charge is 2.57. The third-order valence-corrected chi connectivity index (χ3v) is 3.06. The molecule has 2 rings (SSSR count). The molecule has 1 saturated carbocycles. The number of halogens is 3. The van der Waals surface area contributed by atoms with Gasteiger partial charge < -0.3 is 5.32 Å². The van der Waals surface area contributed by atoms with Crippen LogP contribution in [0.4, 0.5) is 8.78 Å². The van der Waals surface area contributed by atoms with Gasteiger partial charge in [0.25, 0.3) is 5.92 Å². The van der Waals surface area contributed by atoms with Crippen molar-refractivity contribution in [1.29, 1.82) is 0 Å². The first kappa shape index (κ1) is 10.2. The average molecular weight is 198 g/mol. The van der Waals surface area contributed by atoms with Gasteiger partial charge in [-0.3, -0.25) is 0 Å². The predicted octanol–water partition coefficient (Wildman–Crippen LogP) is 2.35. The van der Waals surface area contributed by atoms with Crippen molar-refractivity contribution in [2.45, 2.75) is 43.6 Å². The minimum absolute atomic E-state index is 0. The van der Waals surface area contributed by atoms with Gasteiger partial charge in [-0.2, -0.15) is 0 Å². The minimum Gasteiger partial charge on any atom is -0.306 e. The summed E-state index contributed by atoms with van der Waals surface area (Å²) in [4.78, 5) is 0. The van der Waals surface area contributed by atoms with E-state index in [9.17, 15) is 8.78 Å². The summed E-state index contributed by atoms with van der Waals surface area (Å²) in [6.45, 7) is 0.493. The molecule has 1 saturated heterocycles. The molecule has 1 aliphatic heterocycles. The summed E-state index contributed by atoms with van der Waals surface area (Å²) >= 11 is 0. The molecule has 0 aromatic rings. The zero-order valence-corrected chi connectivity index (χ0v) is 7.72. The van der Waals surface area contributed by atoms with Crippen LogP contribution in [0.3, 0.4) is 0 Å². The lowest BCUT2D eigenvalue weighted by Crippen LogP contribution is -2.49. The van der Waals surface area contributed by atoms with Crippen LogP contribution in [0.15, 0.2) is 0 Å². The molecule has 12 heavy (non-hydrogen) atoms. The van der Waals surface area contributed by atoms with Crippen molar-refractivity contribution in [3.8, 4) is 0 Å². The highest BCUT2D eigenvalue weighted by Crippen LogP contribution is 2.46. The molecule has 1 aliphatic carbocycles. The molecule has 72 valence electrons. The fourth-order valence-corrected chi connectivity index (χ4v) is 2.35. The van der Waals surface area contributed by atoms with Gasteiger partial charge in [0.1, 0.15) is 0 Å². The lowest BCUT2D eigenvalue weighted by Gasteiger charge is -2.30. The summed E-state index contributed by atoms with van der Waals surface area (Å²) in [5.74, 6) is -2.44. The van der Waals surface area contributed by atoms with E-state index in [2.05, 4.69) is 5.32 Å². The third-order valence-electron chi connectivity index (χ3n) is 3.06. The van der Waals surface area contributed by atoms with Gasteiger partial charge in [-0.05, 0) is 12.8 Å². The predicted molar refractivity (Wildman–Crippen MR) is 46.0 cm³/mol. The monoisotopic (exact) mass is 197 g/mol. The smallest absolute Gasteiger partial charge is 0.267 e. The molecular formula is C8H14ClF2N. The molecule has 2 fully saturated rings. The average Bonchev–Trinajstić information content (AvgIpc) is 2.45. The van der Waals surface area contributed by atoms with E-state index in [1.54, 1.807) is 0 Å². The van der Waals surface area contributed by atoms with E-state index in [4.69, 9.17) is 0 Å². The third kappa shape index (κ3) is 1.23. The van der Waals surface area contributed by atoms with Crippen LogP contribution in [0, 0.1) is 0 Å². The maximum absolute atomic E-state index is 13.2. The van der Waals surface area contributed by atoms with E-state index in [0.29, 0.717) is 19.4 Å². The second-order valence-electron chi connectivity index (χ2n) is 3.67. The van der Waals surface area contributed by atoms with Crippen molar-refractivity contribution in [3.63, 3.8) is 0 Å². The van der Waals surface area contributed by atoms with Gasteiger partial charge in [-0.1, -0.05) is 12.8 Å². The van der Waals surface area contributed by atoms with Crippen LogP contribution < -0.4 is 5.32 Å². The fraction of sp³-hybridized carbons (Fsp3) is 1.00. The van der Waals surface area contributed by atoms with Crippen LogP contribution in [0.2, 0.25) is 0 Å². The van der Waals surface area contributed by atoms with Crippen molar-refractivity contribution >= 4 is 12.4 Å². The number of rotatable bonds is 0. The molecule has 0 aromatic carbocycles. The van der Waals surface area contributed by atoms with Gasteiger partial charge in [0.2, 0.25) is 0 Å². The first-order chi connectivity index (χ1) is 5.16. The Kier molecular flexibility index (Phi) is 2.64.